The molecule has 126 valence electrons. The van der Waals surface area contributed by atoms with Crippen LogP contribution >= 0.6 is 0 Å². The Balaban J connectivity index is 1.44. The Morgan fingerprint density at radius 1 is 1.08 bits per heavy atom. The van der Waals surface area contributed by atoms with Gasteiger partial charge in [0.25, 0.3) is 5.56 Å². The number of hydrogen-bond donors (Lipinski definition) is 3. The molecule has 1 aliphatic heterocycles. The Bertz CT molecular complexity index is 956. The summed E-state index contributed by atoms with van der Waals surface area (Å²) >= 11 is 0. The van der Waals surface area contributed by atoms with E-state index in [-0.39, 0.29) is 17.4 Å². The topological polar surface area (TPSA) is 87.0 Å². The van der Waals surface area contributed by atoms with E-state index >= 15 is 0 Å². The smallest absolute Gasteiger partial charge is 0.264 e. The molecule has 1 aliphatic rings. The Morgan fingerprint density at radius 2 is 1.88 bits per heavy atom. The van der Waals surface area contributed by atoms with E-state index in [9.17, 15) is 9.59 Å². The highest BCUT2D eigenvalue weighted by molar-refractivity contribution is 5.93. The predicted octanol–water partition coefficient (Wildman–Crippen LogP) is 2.56. The van der Waals surface area contributed by atoms with E-state index in [1.54, 1.807) is 0 Å². The second-order valence-electron chi connectivity index (χ2n) is 6.06. The van der Waals surface area contributed by atoms with E-state index in [1.807, 2.05) is 48.5 Å². The summed E-state index contributed by atoms with van der Waals surface area (Å²) in [6.07, 6.45) is 0.671. The predicted molar refractivity (Wildman–Crippen MR) is 94.6 cm³/mol. The van der Waals surface area contributed by atoms with E-state index in [0.29, 0.717) is 24.4 Å². The standard InChI is InChI=1S/C19H17N3O3/c23-18-10-16(21-22-18)12-5-7-15(8-6-12)20-19(24)14-9-13-3-1-2-4-17(13)25-11-14/h1-8,10,14H,9,11H2,(H,20,24)(H2,21,22,23). The zero-order chi connectivity index (χ0) is 17.2. The fourth-order valence-corrected chi connectivity index (χ4v) is 2.96. The van der Waals surface area contributed by atoms with Crippen LogP contribution in [-0.2, 0) is 11.2 Å². The van der Waals surface area contributed by atoms with E-state index in [2.05, 4.69) is 15.5 Å². The first-order valence-corrected chi connectivity index (χ1v) is 8.09. The summed E-state index contributed by atoms with van der Waals surface area (Å²) in [5.41, 5.74) is 3.17. The molecule has 0 aliphatic carbocycles. The molecule has 0 spiro atoms. The molecular formula is C19H17N3O3. The first-order valence-electron chi connectivity index (χ1n) is 8.09. The summed E-state index contributed by atoms with van der Waals surface area (Å²) in [6.45, 7) is 0.380. The summed E-state index contributed by atoms with van der Waals surface area (Å²) in [5.74, 6) is 0.587. The maximum Gasteiger partial charge on any atom is 0.264 e. The Morgan fingerprint density at radius 3 is 2.64 bits per heavy atom. The van der Waals surface area contributed by atoms with Crippen LogP contribution in [0.2, 0.25) is 0 Å². The van der Waals surface area contributed by atoms with Crippen molar-refractivity contribution in [1.82, 2.24) is 10.2 Å². The van der Waals surface area contributed by atoms with Gasteiger partial charge in [-0.05, 0) is 35.7 Å². The van der Waals surface area contributed by atoms with Crippen molar-refractivity contribution in [3.8, 4) is 17.0 Å². The van der Waals surface area contributed by atoms with Crippen molar-refractivity contribution in [2.24, 2.45) is 5.92 Å². The maximum absolute atomic E-state index is 12.5. The van der Waals surface area contributed by atoms with Crippen LogP contribution in [-0.4, -0.2) is 22.7 Å². The molecule has 2 heterocycles. The monoisotopic (exact) mass is 335 g/mol. The third-order valence-electron chi connectivity index (χ3n) is 4.31. The van der Waals surface area contributed by atoms with E-state index in [0.717, 1.165) is 16.9 Å². The van der Waals surface area contributed by atoms with Gasteiger partial charge in [0.15, 0.2) is 0 Å². The number of para-hydroxylation sites is 1. The lowest BCUT2D eigenvalue weighted by Crippen LogP contribution is -2.32. The highest BCUT2D eigenvalue weighted by atomic mass is 16.5. The lowest BCUT2D eigenvalue weighted by molar-refractivity contribution is -0.121. The van der Waals surface area contributed by atoms with E-state index in [1.165, 1.54) is 6.07 Å². The lowest BCUT2D eigenvalue weighted by atomic mass is 9.96. The zero-order valence-electron chi connectivity index (χ0n) is 13.4. The molecule has 4 rings (SSSR count). The van der Waals surface area contributed by atoms with Crippen LogP contribution in [0, 0.1) is 5.92 Å². The van der Waals surface area contributed by atoms with Gasteiger partial charge in [-0.1, -0.05) is 30.3 Å². The van der Waals surface area contributed by atoms with Gasteiger partial charge in [-0.25, -0.2) is 0 Å². The third kappa shape index (κ3) is 3.19. The fraction of sp³-hybridized carbons (Fsp3) is 0.158. The summed E-state index contributed by atoms with van der Waals surface area (Å²) in [4.78, 5) is 23.7. The molecule has 1 atom stereocenters. The molecule has 0 bridgehead atoms. The molecule has 2 aromatic carbocycles. The summed E-state index contributed by atoms with van der Waals surface area (Å²) in [7, 11) is 0. The number of H-pyrrole nitrogens is 2. The Hall–Kier alpha value is -3.28. The van der Waals surface area contributed by atoms with Crippen molar-refractivity contribution in [3.63, 3.8) is 0 Å². The molecule has 1 amide bonds. The van der Waals surface area contributed by atoms with E-state index < -0.39 is 0 Å². The normalized spacial score (nSPS) is 15.9. The van der Waals surface area contributed by atoms with Gasteiger partial charge in [-0.2, -0.15) is 0 Å². The molecule has 25 heavy (non-hydrogen) atoms. The largest absolute Gasteiger partial charge is 0.492 e. The van der Waals surface area contributed by atoms with Crippen LogP contribution in [0.3, 0.4) is 0 Å². The van der Waals surface area contributed by atoms with Crippen molar-refractivity contribution in [2.75, 3.05) is 11.9 Å². The average Bonchev–Trinajstić information content (AvgIpc) is 3.08. The number of aromatic amines is 2. The van der Waals surface area contributed by atoms with Crippen LogP contribution in [0.25, 0.3) is 11.3 Å². The number of anilines is 1. The quantitative estimate of drug-likeness (QED) is 0.687. The van der Waals surface area contributed by atoms with Crippen molar-refractivity contribution in [2.45, 2.75) is 6.42 Å². The van der Waals surface area contributed by atoms with Gasteiger partial charge < -0.3 is 10.1 Å². The minimum Gasteiger partial charge on any atom is -0.492 e. The maximum atomic E-state index is 12.5. The highest BCUT2D eigenvalue weighted by Crippen LogP contribution is 2.27. The number of ether oxygens (including phenoxy) is 1. The molecular weight excluding hydrogens is 318 g/mol. The van der Waals surface area contributed by atoms with Crippen molar-refractivity contribution < 1.29 is 9.53 Å². The SMILES string of the molecule is O=C(Nc1ccc(-c2cc(=O)[nH][nH]2)cc1)C1COc2ccccc2C1. The summed E-state index contributed by atoms with van der Waals surface area (Å²) in [5, 5.41) is 8.23. The minimum atomic E-state index is -0.212. The van der Waals surface area contributed by atoms with Crippen LogP contribution < -0.4 is 15.6 Å². The van der Waals surface area contributed by atoms with Crippen molar-refractivity contribution in [3.05, 3.63) is 70.5 Å². The van der Waals surface area contributed by atoms with Gasteiger partial charge in [0.2, 0.25) is 5.91 Å². The molecule has 0 saturated heterocycles. The molecule has 0 fully saturated rings. The van der Waals surface area contributed by atoms with Crippen LogP contribution in [0.5, 0.6) is 5.75 Å². The van der Waals surface area contributed by atoms with Crippen LogP contribution in [0.4, 0.5) is 5.69 Å². The highest BCUT2D eigenvalue weighted by Gasteiger charge is 2.25. The molecule has 6 heteroatoms. The van der Waals surface area contributed by atoms with Crippen LogP contribution in [0.15, 0.2) is 59.4 Å². The van der Waals surface area contributed by atoms with Crippen molar-refractivity contribution >= 4 is 11.6 Å². The number of carbonyl (C=O) groups excluding carboxylic acids is 1. The number of rotatable bonds is 3. The van der Waals surface area contributed by atoms with Gasteiger partial charge in [-0.3, -0.25) is 19.8 Å². The fourth-order valence-electron chi connectivity index (χ4n) is 2.96. The van der Waals surface area contributed by atoms with Gasteiger partial charge in [0, 0.05) is 11.8 Å². The number of aromatic nitrogens is 2. The van der Waals surface area contributed by atoms with Crippen LogP contribution in [0.1, 0.15) is 5.56 Å². The molecule has 0 radical (unpaired) electrons. The minimum absolute atomic E-state index is 0.0581. The van der Waals surface area contributed by atoms with Gasteiger partial charge in [-0.15, -0.1) is 0 Å². The number of fused-ring (bicyclic) bond motifs is 1. The first-order chi connectivity index (χ1) is 12.2. The zero-order valence-corrected chi connectivity index (χ0v) is 13.4. The van der Waals surface area contributed by atoms with Gasteiger partial charge in [0.1, 0.15) is 12.4 Å². The van der Waals surface area contributed by atoms with E-state index in [4.69, 9.17) is 4.74 Å². The number of nitrogens with one attached hydrogen (secondary N) is 3. The van der Waals surface area contributed by atoms with Crippen molar-refractivity contribution in [1.29, 1.82) is 0 Å². The number of benzene rings is 2. The third-order valence-corrected chi connectivity index (χ3v) is 4.31. The Kier molecular flexibility index (Phi) is 3.85. The summed E-state index contributed by atoms with van der Waals surface area (Å²) < 4.78 is 5.68. The summed E-state index contributed by atoms with van der Waals surface area (Å²) in [6, 6.07) is 16.6. The van der Waals surface area contributed by atoms with Gasteiger partial charge >= 0.3 is 0 Å². The second kappa shape index (κ2) is 6.32. The molecule has 1 aromatic heterocycles. The molecule has 6 nitrogen and oxygen atoms in total. The average molecular weight is 335 g/mol. The number of hydrogen-bond acceptors (Lipinski definition) is 3. The molecule has 1 unspecified atom stereocenters. The Labute approximate surface area is 143 Å². The lowest BCUT2D eigenvalue weighted by Gasteiger charge is -2.24. The van der Waals surface area contributed by atoms with Gasteiger partial charge in [0.05, 0.1) is 11.6 Å². The molecule has 3 N–H and O–H groups in total. The molecule has 3 aromatic rings. The number of amides is 1. The molecule has 0 saturated carbocycles. The first kappa shape index (κ1) is 15.3. The number of carbonyl (C=O) groups is 1. The second-order valence-corrected chi connectivity index (χ2v) is 6.06.